The molecular formula is C29H36N2O5. The summed E-state index contributed by atoms with van der Waals surface area (Å²) in [6.45, 7) is 14.2. The average Bonchev–Trinajstić information content (AvgIpc) is 3.13. The highest BCUT2D eigenvalue weighted by molar-refractivity contribution is 6.46. The molecule has 0 radical (unpaired) electrons. The van der Waals surface area contributed by atoms with Crippen LogP contribution in [0.2, 0.25) is 0 Å². The van der Waals surface area contributed by atoms with Gasteiger partial charge in [0.05, 0.1) is 11.6 Å². The van der Waals surface area contributed by atoms with Gasteiger partial charge in [-0.05, 0) is 47.8 Å². The summed E-state index contributed by atoms with van der Waals surface area (Å²) in [6, 6.07) is 12.4. The molecule has 4 rings (SSSR count). The summed E-state index contributed by atoms with van der Waals surface area (Å²) in [5.74, 6) is -0.377. The van der Waals surface area contributed by atoms with Crippen molar-refractivity contribution >= 4 is 17.4 Å². The molecule has 192 valence electrons. The number of carbonyl (C=O) groups is 2. The van der Waals surface area contributed by atoms with Crippen molar-refractivity contribution in [2.75, 3.05) is 39.4 Å². The van der Waals surface area contributed by atoms with E-state index in [9.17, 15) is 14.7 Å². The lowest BCUT2D eigenvalue weighted by atomic mass is 9.85. The maximum Gasteiger partial charge on any atom is 0.295 e. The van der Waals surface area contributed by atoms with E-state index >= 15 is 0 Å². The number of likely N-dealkylation sites (tertiary alicyclic amines) is 1. The maximum absolute atomic E-state index is 13.3. The van der Waals surface area contributed by atoms with Gasteiger partial charge in [-0.1, -0.05) is 58.9 Å². The van der Waals surface area contributed by atoms with Crippen molar-refractivity contribution in [1.29, 1.82) is 0 Å². The highest BCUT2D eigenvalue weighted by Gasteiger charge is 2.46. The minimum absolute atomic E-state index is 0.0334. The standard InChI is InChI=1S/C29H36N2O5/c1-6-30(7-2)14-15-31-25(19-8-11-21(12-9-19)29(3,4)5)24(27(33)28(31)34)26(32)20-10-13-22-23(18-20)36-17-16-35-22/h8-13,18,25,32H,6-7,14-17H2,1-5H3/b26-24-. The van der Waals surface area contributed by atoms with Crippen LogP contribution in [0.25, 0.3) is 5.76 Å². The topological polar surface area (TPSA) is 79.3 Å². The lowest BCUT2D eigenvalue weighted by Gasteiger charge is -2.29. The molecule has 1 unspecified atom stereocenters. The number of ether oxygens (including phenoxy) is 2. The summed E-state index contributed by atoms with van der Waals surface area (Å²) in [4.78, 5) is 30.4. The van der Waals surface area contributed by atoms with Crippen LogP contribution < -0.4 is 9.47 Å². The molecule has 0 spiro atoms. The van der Waals surface area contributed by atoms with E-state index in [1.54, 1.807) is 23.1 Å². The molecule has 0 aliphatic carbocycles. The quantitative estimate of drug-likeness (QED) is 0.348. The van der Waals surface area contributed by atoms with E-state index < -0.39 is 17.7 Å². The lowest BCUT2D eigenvalue weighted by Crippen LogP contribution is -2.38. The number of hydrogen-bond acceptors (Lipinski definition) is 6. The third-order valence-electron chi connectivity index (χ3n) is 7.00. The van der Waals surface area contributed by atoms with Crippen molar-refractivity contribution in [2.24, 2.45) is 0 Å². The van der Waals surface area contributed by atoms with Crippen molar-refractivity contribution in [3.63, 3.8) is 0 Å². The number of Topliss-reactive ketones (excluding diaryl/α,β-unsaturated/α-hetero) is 1. The first-order valence-electron chi connectivity index (χ1n) is 12.7. The Labute approximate surface area is 213 Å². The number of carbonyl (C=O) groups excluding carboxylic acids is 2. The summed E-state index contributed by atoms with van der Waals surface area (Å²) in [5.41, 5.74) is 2.42. The molecule has 2 heterocycles. The molecule has 2 aromatic carbocycles. The van der Waals surface area contributed by atoms with E-state index in [2.05, 4.69) is 39.5 Å². The number of nitrogens with zero attached hydrogens (tertiary/aromatic N) is 2. The van der Waals surface area contributed by atoms with Crippen LogP contribution >= 0.6 is 0 Å². The smallest absolute Gasteiger partial charge is 0.295 e. The van der Waals surface area contributed by atoms with Crippen LogP contribution in [0.3, 0.4) is 0 Å². The van der Waals surface area contributed by atoms with E-state index in [0.29, 0.717) is 43.4 Å². The van der Waals surface area contributed by atoms with Crippen molar-refractivity contribution < 1.29 is 24.2 Å². The number of aliphatic hydroxyl groups excluding tert-OH is 1. The molecule has 1 N–H and O–H groups in total. The molecule has 2 aromatic rings. The van der Waals surface area contributed by atoms with Crippen LogP contribution in [-0.4, -0.2) is 66.0 Å². The number of benzene rings is 2. The number of fused-ring (bicyclic) bond motifs is 1. The van der Waals surface area contributed by atoms with Gasteiger partial charge < -0.3 is 24.4 Å². The second-order valence-corrected chi connectivity index (χ2v) is 10.2. The first kappa shape index (κ1) is 25.8. The molecular weight excluding hydrogens is 456 g/mol. The zero-order valence-corrected chi connectivity index (χ0v) is 21.8. The Morgan fingerprint density at radius 1 is 1.00 bits per heavy atom. The van der Waals surface area contributed by atoms with E-state index in [1.807, 2.05) is 24.3 Å². The molecule has 1 fully saturated rings. The minimum atomic E-state index is -0.678. The minimum Gasteiger partial charge on any atom is -0.507 e. The van der Waals surface area contributed by atoms with Gasteiger partial charge in [0.15, 0.2) is 11.5 Å². The Morgan fingerprint density at radius 2 is 1.64 bits per heavy atom. The van der Waals surface area contributed by atoms with Crippen molar-refractivity contribution in [3.8, 4) is 11.5 Å². The van der Waals surface area contributed by atoms with Crippen LogP contribution in [0, 0.1) is 0 Å². The fourth-order valence-corrected chi connectivity index (χ4v) is 4.76. The van der Waals surface area contributed by atoms with Crippen LogP contribution in [0.5, 0.6) is 11.5 Å². The Kier molecular flexibility index (Phi) is 7.41. The number of aliphatic hydroxyl groups is 1. The van der Waals surface area contributed by atoms with Gasteiger partial charge in [-0.3, -0.25) is 9.59 Å². The molecule has 2 aliphatic rings. The van der Waals surface area contributed by atoms with Gasteiger partial charge in [0, 0.05) is 18.7 Å². The van der Waals surface area contributed by atoms with Gasteiger partial charge in [-0.2, -0.15) is 0 Å². The number of likely N-dealkylation sites (N-methyl/N-ethyl adjacent to an activating group) is 1. The fourth-order valence-electron chi connectivity index (χ4n) is 4.76. The van der Waals surface area contributed by atoms with Gasteiger partial charge in [0.2, 0.25) is 0 Å². The highest BCUT2D eigenvalue weighted by atomic mass is 16.6. The molecule has 36 heavy (non-hydrogen) atoms. The van der Waals surface area contributed by atoms with Gasteiger partial charge in [0.25, 0.3) is 11.7 Å². The summed E-state index contributed by atoms with van der Waals surface area (Å²) in [7, 11) is 0. The molecule has 0 bridgehead atoms. The Balaban J connectivity index is 1.79. The third kappa shape index (κ3) is 4.98. The van der Waals surface area contributed by atoms with Gasteiger partial charge in [-0.25, -0.2) is 0 Å². The monoisotopic (exact) mass is 492 g/mol. The van der Waals surface area contributed by atoms with Gasteiger partial charge >= 0.3 is 0 Å². The average molecular weight is 493 g/mol. The van der Waals surface area contributed by atoms with E-state index in [0.717, 1.165) is 24.2 Å². The predicted molar refractivity (Wildman–Crippen MR) is 139 cm³/mol. The van der Waals surface area contributed by atoms with Crippen LogP contribution in [0.4, 0.5) is 0 Å². The zero-order valence-electron chi connectivity index (χ0n) is 21.8. The molecule has 7 nitrogen and oxygen atoms in total. The van der Waals surface area contributed by atoms with Crippen molar-refractivity contribution in [3.05, 3.63) is 64.7 Å². The summed E-state index contributed by atoms with van der Waals surface area (Å²) in [5, 5.41) is 11.4. The number of ketones is 1. The lowest BCUT2D eigenvalue weighted by molar-refractivity contribution is -0.140. The maximum atomic E-state index is 13.3. The van der Waals surface area contributed by atoms with Crippen molar-refractivity contribution in [2.45, 2.75) is 46.1 Å². The second kappa shape index (κ2) is 10.3. The first-order valence-corrected chi connectivity index (χ1v) is 12.7. The molecule has 1 saturated heterocycles. The van der Waals surface area contributed by atoms with Crippen LogP contribution in [0.1, 0.15) is 57.4 Å². The van der Waals surface area contributed by atoms with Crippen LogP contribution in [-0.2, 0) is 15.0 Å². The van der Waals surface area contributed by atoms with Crippen LogP contribution in [0.15, 0.2) is 48.0 Å². The summed E-state index contributed by atoms with van der Waals surface area (Å²) < 4.78 is 11.3. The molecule has 0 saturated carbocycles. The second-order valence-electron chi connectivity index (χ2n) is 10.2. The SMILES string of the molecule is CCN(CC)CCN1C(=O)C(=O)/C(=C(\O)c2ccc3c(c2)OCCO3)C1c1ccc(C(C)(C)C)cc1. The van der Waals surface area contributed by atoms with E-state index in [1.165, 1.54) is 0 Å². The first-order chi connectivity index (χ1) is 17.2. The number of hydrogen-bond donors (Lipinski definition) is 1. The Morgan fingerprint density at radius 3 is 2.25 bits per heavy atom. The summed E-state index contributed by atoms with van der Waals surface area (Å²) in [6.07, 6.45) is 0. The molecule has 1 amide bonds. The molecule has 7 heteroatoms. The Bertz CT molecular complexity index is 1160. The number of rotatable bonds is 7. The normalized spacial score (nSPS) is 19.3. The number of amides is 1. The highest BCUT2D eigenvalue weighted by Crippen LogP contribution is 2.41. The predicted octanol–water partition coefficient (Wildman–Crippen LogP) is 4.52. The molecule has 0 aromatic heterocycles. The summed E-state index contributed by atoms with van der Waals surface area (Å²) >= 11 is 0. The molecule has 2 aliphatic heterocycles. The third-order valence-corrected chi connectivity index (χ3v) is 7.00. The van der Waals surface area contributed by atoms with E-state index in [-0.39, 0.29) is 16.7 Å². The van der Waals surface area contributed by atoms with Crippen molar-refractivity contribution in [1.82, 2.24) is 9.80 Å². The van der Waals surface area contributed by atoms with Gasteiger partial charge in [-0.15, -0.1) is 0 Å². The zero-order chi connectivity index (χ0) is 26.0. The van der Waals surface area contributed by atoms with Gasteiger partial charge in [0.1, 0.15) is 19.0 Å². The Hall–Kier alpha value is -3.32. The van der Waals surface area contributed by atoms with E-state index in [4.69, 9.17) is 9.47 Å². The largest absolute Gasteiger partial charge is 0.507 e. The molecule has 1 atom stereocenters. The fraction of sp³-hybridized carbons (Fsp3) is 0.448.